The predicted octanol–water partition coefficient (Wildman–Crippen LogP) is 2.01. The normalized spacial score (nSPS) is 13.4. The second-order valence-corrected chi connectivity index (χ2v) is 5.80. The van der Waals surface area contributed by atoms with Crippen molar-refractivity contribution in [2.75, 3.05) is 5.32 Å². The molecule has 0 radical (unpaired) electrons. The maximum Gasteiger partial charge on any atom is 0.237 e. The standard InChI is InChI=1S/C16H22N2O5/c1-5-12(9(2)3)15(19)17-14-8-11(16(20)21)6-7-13(14)10(4)18(22)23/h6-10,12H,5H2,1-4H3,(H,17,19)(H,20,21)/p-1. The van der Waals surface area contributed by atoms with Crippen LogP contribution >= 0.6 is 0 Å². The van der Waals surface area contributed by atoms with E-state index in [9.17, 15) is 24.8 Å². The van der Waals surface area contributed by atoms with Crippen LogP contribution in [0.3, 0.4) is 0 Å². The molecule has 1 aromatic carbocycles. The molecule has 23 heavy (non-hydrogen) atoms. The van der Waals surface area contributed by atoms with Crippen molar-refractivity contribution in [3.63, 3.8) is 0 Å². The van der Waals surface area contributed by atoms with Crippen LogP contribution in [0.25, 0.3) is 0 Å². The maximum absolute atomic E-state index is 12.4. The van der Waals surface area contributed by atoms with Crippen molar-refractivity contribution in [1.82, 2.24) is 0 Å². The number of hydrogen-bond donors (Lipinski definition) is 1. The zero-order valence-corrected chi connectivity index (χ0v) is 13.7. The van der Waals surface area contributed by atoms with Gasteiger partial charge in [0.25, 0.3) is 0 Å². The molecule has 0 spiro atoms. The third-order valence-electron chi connectivity index (χ3n) is 3.89. The summed E-state index contributed by atoms with van der Waals surface area (Å²) in [5.41, 5.74) is 0.254. The second kappa shape index (κ2) is 7.71. The lowest BCUT2D eigenvalue weighted by atomic mass is 9.92. The van der Waals surface area contributed by atoms with Gasteiger partial charge in [-0.25, -0.2) is 0 Å². The molecule has 1 amide bonds. The number of aromatic carboxylic acids is 1. The van der Waals surface area contributed by atoms with Gasteiger partial charge in [0.05, 0.1) is 11.7 Å². The van der Waals surface area contributed by atoms with E-state index in [-0.39, 0.29) is 34.6 Å². The van der Waals surface area contributed by atoms with Gasteiger partial charge in [-0.15, -0.1) is 0 Å². The number of nitrogens with one attached hydrogen (secondary N) is 1. The molecule has 7 heteroatoms. The van der Waals surface area contributed by atoms with Crippen molar-refractivity contribution >= 4 is 17.6 Å². The number of carboxylic acids is 1. The van der Waals surface area contributed by atoms with Gasteiger partial charge >= 0.3 is 0 Å². The molecule has 2 unspecified atom stereocenters. The van der Waals surface area contributed by atoms with Gasteiger partial charge in [-0.05, 0) is 30.0 Å². The van der Waals surface area contributed by atoms with Crippen LogP contribution in [0.4, 0.5) is 5.69 Å². The molecular weight excluding hydrogens is 300 g/mol. The van der Waals surface area contributed by atoms with Crippen molar-refractivity contribution in [3.8, 4) is 0 Å². The number of benzene rings is 1. The van der Waals surface area contributed by atoms with Gasteiger partial charge in [-0.3, -0.25) is 14.9 Å². The third kappa shape index (κ3) is 4.51. The molecule has 0 aliphatic heterocycles. The van der Waals surface area contributed by atoms with Gasteiger partial charge in [0.15, 0.2) is 0 Å². The molecular formula is C16H21N2O5-. The molecule has 0 fully saturated rings. The number of carboxylic acid groups (broad SMARTS) is 1. The number of carbonyl (C=O) groups is 2. The summed E-state index contributed by atoms with van der Waals surface area (Å²) in [5, 5.41) is 24.7. The van der Waals surface area contributed by atoms with E-state index in [1.54, 1.807) is 0 Å². The summed E-state index contributed by atoms with van der Waals surface area (Å²) in [6, 6.07) is 2.71. The van der Waals surface area contributed by atoms with Crippen LogP contribution in [0.2, 0.25) is 0 Å². The molecule has 0 aliphatic rings. The Labute approximate surface area is 134 Å². The minimum Gasteiger partial charge on any atom is -0.545 e. The number of amides is 1. The van der Waals surface area contributed by atoms with Crippen LogP contribution in [0.5, 0.6) is 0 Å². The lowest BCUT2D eigenvalue weighted by Gasteiger charge is -2.20. The number of nitro groups is 1. The van der Waals surface area contributed by atoms with E-state index in [2.05, 4.69) is 5.32 Å². The number of rotatable bonds is 7. The molecule has 7 nitrogen and oxygen atoms in total. The minimum absolute atomic E-state index is 0.0979. The summed E-state index contributed by atoms with van der Waals surface area (Å²) < 4.78 is 0. The van der Waals surface area contributed by atoms with E-state index in [4.69, 9.17) is 0 Å². The van der Waals surface area contributed by atoms with Crippen molar-refractivity contribution in [1.29, 1.82) is 0 Å². The minimum atomic E-state index is -1.41. The highest BCUT2D eigenvalue weighted by Crippen LogP contribution is 2.27. The van der Waals surface area contributed by atoms with E-state index < -0.39 is 16.9 Å². The quantitative estimate of drug-likeness (QED) is 0.609. The van der Waals surface area contributed by atoms with Crippen LogP contribution in [-0.2, 0) is 4.79 Å². The van der Waals surface area contributed by atoms with Gasteiger partial charge in [-0.2, -0.15) is 0 Å². The Hall–Kier alpha value is -2.44. The fourth-order valence-electron chi connectivity index (χ4n) is 2.45. The van der Waals surface area contributed by atoms with Gasteiger partial charge in [0.2, 0.25) is 11.9 Å². The first kappa shape index (κ1) is 18.6. The van der Waals surface area contributed by atoms with Crippen molar-refractivity contribution in [2.24, 2.45) is 11.8 Å². The molecule has 0 bridgehead atoms. The first-order valence-corrected chi connectivity index (χ1v) is 7.48. The summed E-state index contributed by atoms with van der Waals surface area (Å²) >= 11 is 0. The third-order valence-corrected chi connectivity index (χ3v) is 3.89. The number of nitrogens with zero attached hydrogens (tertiary/aromatic N) is 1. The van der Waals surface area contributed by atoms with Crippen LogP contribution in [0.1, 0.15) is 56.1 Å². The molecule has 2 atom stereocenters. The summed E-state index contributed by atoms with van der Waals surface area (Å²) in [7, 11) is 0. The molecule has 0 aliphatic carbocycles. The zero-order valence-electron chi connectivity index (χ0n) is 13.7. The summed E-state index contributed by atoms with van der Waals surface area (Å²) in [5.74, 6) is -1.85. The largest absolute Gasteiger partial charge is 0.545 e. The Bertz CT molecular complexity index is 612. The van der Waals surface area contributed by atoms with Crippen molar-refractivity contribution < 1.29 is 19.6 Å². The molecule has 0 saturated heterocycles. The average Bonchev–Trinajstić information content (AvgIpc) is 2.46. The van der Waals surface area contributed by atoms with E-state index in [1.165, 1.54) is 25.1 Å². The van der Waals surface area contributed by atoms with E-state index >= 15 is 0 Å². The lowest BCUT2D eigenvalue weighted by Crippen LogP contribution is -2.28. The number of anilines is 1. The Morgan fingerprint density at radius 2 is 1.87 bits per heavy atom. The van der Waals surface area contributed by atoms with Gasteiger partial charge in [-0.1, -0.05) is 26.8 Å². The zero-order chi connectivity index (χ0) is 17.7. The lowest BCUT2D eigenvalue weighted by molar-refractivity contribution is -0.524. The SMILES string of the molecule is CCC(C(=O)Nc1cc(C(=O)[O-])ccc1C(C)[N+](=O)[O-])C(C)C. The molecule has 0 aromatic heterocycles. The molecule has 1 aromatic rings. The van der Waals surface area contributed by atoms with Crippen LogP contribution in [-0.4, -0.2) is 16.8 Å². The van der Waals surface area contributed by atoms with Gasteiger partial charge < -0.3 is 15.2 Å². The summed E-state index contributed by atoms with van der Waals surface area (Å²) in [6.07, 6.45) is 0.615. The van der Waals surface area contributed by atoms with Crippen LogP contribution < -0.4 is 10.4 Å². The Balaban J connectivity index is 3.24. The second-order valence-electron chi connectivity index (χ2n) is 5.80. The maximum atomic E-state index is 12.4. The first-order valence-electron chi connectivity index (χ1n) is 7.48. The monoisotopic (exact) mass is 321 g/mol. The topological polar surface area (TPSA) is 112 Å². The van der Waals surface area contributed by atoms with Crippen LogP contribution in [0, 0.1) is 22.0 Å². The number of carbonyl (C=O) groups excluding carboxylic acids is 2. The Morgan fingerprint density at radius 3 is 2.30 bits per heavy atom. The van der Waals surface area contributed by atoms with Crippen molar-refractivity contribution in [2.45, 2.75) is 40.2 Å². The van der Waals surface area contributed by atoms with Gasteiger partial charge in [0, 0.05) is 23.3 Å². The van der Waals surface area contributed by atoms with Crippen molar-refractivity contribution in [3.05, 3.63) is 39.4 Å². The average molecular weight is 321 g/mol. The highest BCUT2D eigenvalue weighted by atomic mass is 16.6. The highest BCUT2D eigenvalue weighted by molar-refractivity contribution is 5.95. The fourth-order valence-corrected chi connectivity index (χ4v) is 2.45. The van der Waals surface area contributed by atoms with E-state index in [0.29, 0.717) is 6.42 Å². The molecule has 0 heterocycles. The molecule has 126 valence electrons. The van der Waals surface area contributed by atoms with Crippen LogP contribution in [0.15, 0.2) is 18.2 Å². The molecule has 1 rings (SSSR count). The number of hydrogen-bond acceptors (Lipinski definition) is 5. The predicted molar refractivity (Wildman–Crippen MR) is 83.4 cm³/mol. The van der Waals surface area contributed by atoms with Gasteiger partial charge in [0.1, 0.15) is 0 Å². The summed E-state index contributed by atoms with van der Waals surface area (Å²) in [6.45, 7) is 7.07. The van der Waals surface area contributed by atoms with E-state index in [0.717, 1.165) is 0 Å². The fraction of sp³-hybridized carbons (Fsp3) is 0.500. The smallest absolute Gasteiger partial charge is 0.237 e. The summed E-state index contributed by atoms with van der Waals surface area (Å²) in [4.78, 5) is 33.9. The molecule has 0 saturated carbocycles. The first-order chi connectivity index (χ1) is 10.7. The highest BCUT2D eigenvalue weighted by Gasteiger charge is 2.25. The Morgan fingerprint density at radius 1 is 1.26 bits per heavy atom. The Kier molecular flexibility index (Phi) is 6.24. The van der Waals surface area contributed by atoms with E-state index in [1.807, 2.05) is 20.8 Å². The molecule has 1 N–H and O–H groups in total.